The van der Waals surface area contributed by atoms with Gasteiger partial charge in [-0.1, -0.05) is 178 Å². The standard InChI is InChI=1S/C55H99NO10/c1-3-5-7-9-11-13-22-27-31-35-39-43-51(60)64-44-40-36-32-28-24-21-19-17-15-16-18-20-23-26-30-34-38-42-50(59)56-47(46-65-55-54(63)53(62)52(61)49(45-57)66-55)48(58)41-37-33-29-25-14-12-10-8-6-4-2/h14-15,17,21,24-25,37,41,47-49,52-55,57-58,61-63H,3-13,16,18-20,22-23,26-36,38-40,42-46H2,1-2H3,(H,56,59)/b17-15-,24-21-,25-14+,41-37+. The second-order valence-electron chi connectivity index (χ2n) is 18.6. The van der Waals surface area contributed by atoms with E-state index in [-0.39, 0.29) is 18.5 Å². The fourth-order valence-electron chi connectivity index (χ4n) is 8.07. The molecular weight excluding hydrogens is 835 g/mol. The van der Waals surface area contributed by atoms with Crippen molar-refractivity contribution >= 4 is 11.9 Å². The SMILES string of the molecule is CCCCCC/C=C/CC/C=C/C(O)C(COC1OC(CO)C(O)C(O)C1O)NC(=O)CCCCCCCCC/C=C\C/C=C\CCCCCOC(=O)CCCCCCCCCCCCC. The molecule has 7 atom stereocenters. The van der Waals surface area contributed by atoms with Crippen molar-refractivity contribution in [2.75, 3.05) is 19.8 Å². The highest BCUT2D eigenvalue weighted by molar-refractivity contribution is 5.76. The highest BCUT2D eigenvalue weighted by Crippen LogP contribution is 2.23. The lowest BCUT2D eigenvalue weighted by Crippen LogP contribution is -2.60. The molecule has 0 aromatic carbocycles. The number of aliphatic hydroxyl groups is 5. The molecule has 1 fully saturated rings. The minimum Gasteiger partial charge on any atom is -0.466 e. The van der Waals surface area contributed by atoms with E-state index in [1.807, 2.05) is 6.08 Å². The van der Waals surface area contributed by atoms with E-state index in [4.69, 9.17) is 14.2 Å². The highest BCUT2D eigenvalue weighted by Gasteiger charge is 2.44. The van der Waals surface area contributed by atoms with Crippen LogP contribution in [0.3, 0.4) is 0 Å². The number of aliphatic hydroxyl groups excluding tert-OH is 5. The van der Waals surface area contributed by atoms with E-state index < -0.39 is 49.5 Å². The van der Waals surface area contributed by atoms with E-state index in [1.54, 1.807) is 6.08 Å². The Morgan fingerprint density at radius 3 is 1.61 bits per heavy atom. The van der Waals surface area contributed by atoms with Crippen molar-refractivity contribution in [3.05, 3.63) is 48.6 Å². The van der Waals surface area contributed by atoms with Crippen LogP contribution in [0.2, 0.25) is 0 Å². The fraction of sp³-hybridized carbons (Fsp3) is 0.818. The molecule has 0 aromatic rings. The van der Waals surface area contributed by atoms with E-state index in [0.29, 0.717) is 19.4 Å². The smallest absolute Gasteiger partial charge is 0.305 e. The van der Waals surface area contributed by atoms with Crippen LogP contribution >= 0.6 is 0 Å². The van der Waals surface area contributed by atoms with Gasteiger partial charge in [0.2, 0.25) is 5.91 Å². The van der Waals surface area contributed by atoms with Gasteiger partial charge in [-0.15, -0.1) is 0 Å². The number of nitrogens with one attached hydrogen (secondary N) is 1. The maximum absolute atomic E-state index is 13.0. The van der Waals surface area contributed by atoms with Gasteiger partial charge >= 0.3 is 5.97 Å². The van der Waals surface area contributed by atoms with Gasteiger partial charge in [0.15, 0.2) is 6.29 Å². The van der Waals surface area contributed by atoms with Crippen LogP contribution < -0.4 is 5.32 Å². The van der Waals surface area contributed by atoms with Gasteiger partial charge in [0.1, 0.15) is 24.4 Å². The first-order valence-electron chi connectivity index (χ1n) is 26.9. The maximum Gasteiger partial charge on any atom is 0.305 e. The largest absolute Gasteiger partial charge is 0.466 e. The number of amides is 1. The van der Waals surface area contributed by atoms with Crippen molar-refractivity contribution in [3.63, 3.8) is 0 Å². The van der Waals surface area contributed by atoms with Gasteiger partial charge in [0.05, 0.1) is 32.0 Å². The minimum absolute atomic E-state index is 0.0343. The summed E-state index contributed by atoms with van der Waals surface area (Å²) < 4.78 is 16.6. The second kappa shape index (κ2) is 45.1. The lowest BCUT2D eigenvalue weighted by molar-refractivity contribution is -0.302. The van der Waals surface area contributed by atoms with E-state index in [9.17, 15) is 35.1 Å². The van der Waals surface area contributed by atoms with Gasteiger partial charge in [-0.25, -0.2) is 0 Å². The Hall–Kier alpha value is -2.38. The molecule has 1 rings (SSSR count). The number of rotatable bonds is 45. The number of allylic oxidation sites excluding steroid dienone is 7. The van der Waals surface area contributed by atoms with E-state index >= 15 is 0 Å². The van der Waals surface area contributed by atoms with Crippen molar-refractivity contribution in [2.45, 2.75) is 269 Å². The summed E-state index contributed by atoms with van der Waals surface area (Å²) in [6.45, 7) is 4.21. The molecule has 0 aromatic heterocycles. The first kappa shape index (κ1) is 61.6. The lowest BCUT2D eigenvalue weighted by atomic mass is 9.99. The van der Waals surface area contributed by atoms with Crippen LogP contribution in [-0.4, -0.2) is 100 Å². The molecule has 1 saturated heterocycles. The van der Waals surface area contributed by atoms with Crippen LogP contribution in [0.25, 0.3) is 0 Å². The Kier molecular flexibility index (Phi) is 42.1. The monoisotopic (exact) mass is 934 g/mol. The molecule has 1 heterocycles. The molecule has 0 bridgehead atoms. The highest BCUT2D eigenvalue weighted by atomic mass is 16.7. The Morgan fingerprint density at radius 1 is 0.561 bits per heavy atom. The third-order valence-electron chi connectivity index (χ3n) is 12.4. The van der Waals surface area contributed by atoms with Crippen molar-refractivity contribution < 1.29 is 49.3 Å². The number of carbonyl (C=O) groups excluding carboxylic acids is 2. The van der Waals surface area contributed by atoms with E-state index in [0.717, 1.165) is 96.3 Å². The summed E-state index contributed by atoms with van der Waals surface area (Å²) in [5, 5.41) is 54.1. The number of esters is 1. The predicted octanol–water partition coefficient (Wildman–Crippen LogP) is 11.3. The molecule has 0 spiro atoms. The number of unbranched alkanes of at least 4 members (excludes halogenated alkanes) is 25. The topological polar surface area (TPSA) is 175 Å². The summed E-state index contributed by atoms with van der Waals surface area (Å²) in [6.07, 6.45) is 44.9. The van der Waals surface area contributed by atoms with Gasteiger partial charge in [-0.3, -0.25) is 9.59 Å². The van der Waals surface area contributed by atoms with Crippen LogP contribution in [0.5, 0.6) is 0 Å². The normalized spacial score (nSPS) is 20.0. The summed E-state index contributed by atoms with van der Waals surface area (Å²) >= 11 is 0. The first-order valence-corrected chi connectivity index (χ1v) is 26.9. The van der Waals surface area contributed by atoms with E-state index in [1.165, 1.54) is 103 Å². The van der Waals surface area contributed by atoms with Crippen molar-refractivity contribution in [1.82, 2.24) is 5.32 Å². The molecule has 384 valence electrons. The molecule has 1 aliphatic heterocycles. The molecular formula is C55H99NO10. The van der Waals surface area contributed by atoms with Gasteiger partial charge in [0.25, 0.3) is 0 Å². The molecule has 11 nitrogen and oxygen atoms in total. The van der Waals surface area contributed by atoms with Crippen LogP contribution in [0, 0.1) is 0 Å². The molecule has 7 unspecified atom stereocenters. The number of hydrogen-bond acceptors (Lipinski definition) is 10. The molecule has 1 aliphatic rings. The third kappa shape index (κ3) is 34.8. The zero-order valence-corrected chi connectivity index (χ0v) is 41.9. The molecule has 11 heteroatoms. The van der Waals surface area contributed by atoms with Gasteiger partial charge in [0, 0.05) is 12.8 Å². The Bertz CT molecular complexity index is 1240. The zero-order chi connectivity index (χ0) is 48.1. The molecule has 0 radical (unpaired) electrons. The Labute approximate surface area is 402 Å². The summed E-state index contributed by atoms with van der Waals surface area (Å²) in [5.41, 5.74) is 0. The quantitative estimate of drug-likeness (QED) is 0.0196. The number of ether oxygens (including phenoxy) is 3. The van der Waals surface area contributed by atoms with Gasteiger partial charge in [-0.2, -0.15) is 0 Å². The number of hydrogen-bond donors (Lipinski definition) is 6. The average molecular weight is 934 g/mol. The van der Waals surface area contributed by atoms with E-state index in [2.05, 4.69) is 55.6 Å². The zero-order valence-electron chi connectivity index (χ0n) is 41.9. The maximum atomic E-state index is 13.0. The number of carbonyl (C=O) groups is 2. The summed E-state index contributed by atoms with van der Waals surface area (Å²) in [6, 6.07) is -0.838. The summed E-state index contributed by atoms with van der Waals surface area (Å²) in [5.74, 6) is -0.246. The predicted molar refractivity (Wildman–Crippen MR) is 269 cm³/mol. The van der Waals surface area contributed by atoms with Crippen LogP contribution in [-0.2, 0) is 23.8 Å². The molecule has 1 amide bonds. The fourth-order valence-corrected chi connectivity index (χ4v) is 8.07. The van der Waals surface area contributed by atoms with Crippen LogP contribution in [0.15, 0.2) is 48.6 Å². The minimum atomic E-state index is -1.58. The van der Waals surface area contributed by atoms with Crippen molar-refractivity contribution in [1.29, 1.82) is 0 Å². The Morgan fingerprint density at radius 2 is 1.03 bits per heavy atom. The molecule has 0 aliphatic carbocycles. The van der Waals surface area contributed by atoms with Crippen LogP contribution in [0.1, 0.15) is 226 Å². The first-order chi connectivity index (χ1) is 32.2. The Balaban J connectivity index is 2.15. The lowest BCUT2D eigenvalue weighted by Gasteiger charge is -2.40. The van der Waals surface area contributed by atoms with Crippen molar-refractivity contribution in [3.8, 4) is 0 Å². The van der Waals surface area contributed by atoms with Gasteiger partial charge < -0.3 is 45.1 Å². The van der Waals surface area contributed by atoms with Crippen molar-refractivity contribution in [2.24, 2.45) is 0 Å². The summed E-state index contributed by atoms with van der Waals surface area (Å²) in [4.78, 5) is 25.0. The van der Waals surface area contributed by atoms with Gasteiger partial charge in [-0.05, 0) is 83.5 Å². The summed E-state index contributed by atoms with van der Waals surface area (Å²) in [7, 11) is 0. The molecule has 6 N–H and O–H groups in total. The van der Waals surface area contributed by atoms with Crippen LogP contribution in [0.4, 0.5) is 0 Å². The molecule has 0 saturated carbocycles. The third-order valence-corrected chi connectivity index (χ3v) is 12.4. The molecule has 66 heavy (non-hydrogen) atoms. The second-order valence-corrected chi connectivity index (χ2v) is 18.6. The average Bonchev–Trinajstić information content (AvgIpc) is 3.31.